The molecule has 20 heavy (non-hydrogen) atoms. The fourth-order valence-electron chi connectivity index (χ4n) is 3.20. The summed E-state index contributed by atoms with van der Waals surface area (Å²) in [5.74, 6) is 2.17. The SMILES string of the molecule is CCOC1(c2nc(C)c(CC)c(N)n2)CCC(C)CC1. The van der Waals surface area contributed by atoms with Gasteiger partial charge in [0.2, 0.25) is 0 Å². The van der Waals surface area contributed by atoms with Crippen LogP contribution in [0.25, 0.3) is 0 Å². The van der Waals surface area contributed by atoms with Gasteiger partial charge >= 0.3 is 0 Å². The fourth-order valence-corrected chi connectivity index (χ4v) is 3.20. The van der Waals surface area contributed by atoms with E-state index in [4.69, 9.17) is 15.5 Å². The Morgan fingerprint density at radius 3 is 2.40 bits per heavy atom. The zero-order chi connectivity index (χ0) is 14.8. The molecule has 2 rings (SSSR count). The Hall–Kier alpha value is -1.16. The van der Waals surface area contributed by atoms with Crippen LogP contribution in [0.2, 0.25) is 0 Å². The van der Waals surface area contributed by atoms with Crippen LogP contribution in [-0.4, -0.2) is 16.6 Å². The van der Waals surface area contributed by atoms with Gasteiger partial charge in [0.1, 0.15) is 11.4 Å². The number of nitrogens with zero attached hydrogens (tertiary/aromatic N) is 2. The number of rotatable bonds is 4. The zero-order valence-corrected chi connectivity index (χ0v) is 13.2. The first-order chi connectivity index (χ1) is 9.52. The lowest BCUT2D eigenvalue weighted by Gasteiger charge is -2.38. The average molecular weight is 277 g/mol. The van der Waals surface area contributed by atoms with Crippen LogP contribution in [0, 0.1) is 12.8 Å². The lowest BCUT2D eigenvalue weighted by atomic mass is 9.78. The molecule has 0 unspecified atom stereocenters. The van der Waals surface area contributed by atoms with Gasteiger partial charge in [-0.1, -0.05) is 13.8 Å². The molecule has 1 fully saturated rings. The number of anilines is 1. The lowest BCUT2D eigenvalue weighted by molar-refractivity contribution is -0.0837. The third kappa shape index (κ3) is 2.80. The summed E-state index contributed by atoms with van der Waals surface area (Å²) in [6, 6.07) is 0. The molecule has 0 aliphatic heterocycles. The van der Waals surface area contributed by atoms with E-state index in [0.717, 1.165) is 55.1 Å². The van der Waals surface area contributed by atoms with Gasteiger partial charge in [0.15, 0.2) is 5.82 Å². The molecule has 112 valence electrons. The van der Waals surface area contributed by atoms with E-state index in [0.29, 0.717) is 12.4 Å². The second-order valence-electron chi connectivity index (χ2n) is 5.96. The first-order valence-electron chi connectivity index (χ1n) is 7.79. The van der Waals surface area contributed by atoms with E-state index in [1.54, 1.807) is 0 Å². The van der Waals surface area contributed by atoms with Crippen molar-refractivity contribution in [3.63, 3.8) is 0 Å². The Balaban J connectivity index is 2.39. The van der Waals surface area contributed by atoms with Crippen molar-refractivity contribution in [2.75, 3.05) is 12.3 Å². The largest absolute Gasteiger partial charge is 0.383 e. The molecule has 0 aromatic carbocycles. The van der Waals surface area contributed by atoms with E-state index in [-0.39, 0.29) is 5.60 Å². The highest BCUT2D eigenvalue weighted by Gasteiger charge is 2.39. The highest BCUT2D eigenvalue weighted by Crippen LogP contribution is 2.41. The van der Waals surface area contributed by atoms with Crippen LogP contribution in [0.1, 0.15) is 63.5 Å². The maximum Gasteiger partial charge on any atom is 0.162 e. The van der Waals surface area contributed by atoms with Gasteiger partial charge in [-0.2, -0.15) is 0 Å². The van der Waals surface area contributed by atoms with Crippen molar-refractivity contribution in [2.24, 2.45) is 5.92 Å². The second kappa shape index (κ2) is 6.08. The average Bonchev–Trinajstić information content (AvgIpc) is 2.41. The molecular weight excluding hydrogens is 250 g/mol. The monoisotopic (exact) mass is 277 g/mol. The van der Waals surface area contributed by atoms with Crippen molar-refractivity contribution in [3.8, 4) is 0 Å². The maximum atomic E-state index is 6.12. The summed E-state index contributed by atoms with van der Waals surface area (Å²) in [4.78, 5) is 9.31. The van der Waals surface area contributed by atoms with Gasteiger partial charge in [0, 0.05) is 17.9 Å². The molecule has 0 saturated heterocycles. The number of nitrogens with two attached hydrogens (primary N) is 1. The Bertz CT molecular complexity index is 442. The molecule has 0 amide bonds. The van der Waals surface area contributed by atoms with Crippen LogP contribution >= 0.6 is 0 Å². The van der Waals surface area contributed by atoms with Gasteiger partial charge in [-0.3, -0.25) is 0 Å². The summed E-state index contributed by atoms with van der Waals surface area (Å²) in [5.41, 5.74) is 7.84. The van der Waals surface area contributed by atoms with E-state index in [9.17, 15) is 0 Å². The predicted molar refractivity (Wildman–Crippen MR) is 81.5 cm³/mol. The molecule has 0 atom stereocenters. The number of hydrogen-bond donors (Lipinski definition) is 1. The molecule has 1 aliphatic carbocycles. The van der Waals surface area contributed by atoms with Crippen LogP contribution in [-0.2, 0) is 16.8 Å². The van der Waals surface area contributed by atoms with Crippen LogP contribution < -0.4 is 5.73 Å². The van der Waals surface area contributed by atoms with Crippen molar-refractivity contribution in [3.05, 3.63) is 17.1 Å². The first-order valence-corrected chi connectivity index (χ1v) is 7.79. The third-order valence-corrected chi connectivity index (χ3v) is 4.51. The van der Waals surface area contributed by atoms with Gasteiger partial charge in [-0.05, 0) is 51.9 Å². The molecule has 2 N–H and O–H groups in total. The quantitative estimate of drug-likeness (QED) is 0.916. The van der Waals surface area contributed by atoms with E-state index in [1.807, 2.05) is 13.8 Å². The Labute approximate surface area is 122 Å². The minimum atomic E-state index is -0.327. The zero-order valence-electron chi connectivity index (χ0n) is 13.2. The highest BCUT2D eigenvalue weighted by atomic mass is 16.5. The fraction of sp³-hybridized carbons (Fsp3) is 0.750. The maximum absolute atomic E-state index is 6.12. The van der Waals surface area contributed by atoms with Crippen LogP contribution in [0.3, 0.4) is 0 Å². The molecule has 1 aromatic rings. The van der Waals surface area contributed by atoms with Gasteiger partial charge in [-0.15, -0.1) is 0 Å². The smallest absolute Gasteiger partial charge is 0.162 e. The molecule has 0 radical (unpaired) electrons. The summed E-state index contributed by atoms with van der Waals surface area (Å²) < 4.78 is 6.11. The standard InChI is InChI=1S/C16H27N3O/c1-5-13-12(4)18-15(19-14(13)17)16(20-6-2)9-7-11(3)8-10-16/h11H,5-10H2,1-4H3,(H2,17,18,19). The normalized spacial score (nSPS) is 26.7. The van der Waals surface area contributed by atoms with Crippen molar-refractivity contribution < 1.29 is 4.74 Å². The number of hydrogen-bond acceptors (Lipinski definition) is 4. The van der Waals surface area contributed by atoms with E-state index < -0.39 is 0 Å². The molecule has 4 heteroatoms. The molecule has 1 aliphatic rings. The molecule has 1 saturated carbocycles. The van der Waals surface area contributed by atoms with Gasteiger partial charge in [0.05, 0.1) is 0 Å². The van der Waals surface area contributed by atoms with Crippen molar-refractivity contribution >= 4 is 5.82 Å². The summed E-state index contributed by atoms with van der Waals surface area (Å²) >= 11 is 0. The highest BCUT2D eigenvalue weighted by molar-refractivity contribution is 5.42. The number of nitrogen functional groups attached to an aromatic ring is 1. The van der Waals surface area contributed by atoms with Crippen LogP contribution in [0.15, 0.2) is 0 Å². The van der Waals surface area contributed by atoms with Gasteiger partial charge in [0.25, 0.3) is 0 Å². The van der Waals surface area contributed by atoms with E-state index >= 15 is 0 Å². The minimum absolute atomic E-state index is 0.327. The van der Waals surface area contributed by atoms with Crippen LogP contribution in [0.5, 0.6) is 0 Å². The Kier molecular flexibility index (Phi) is 4.63. The van der Waals surface area contributed by atoms with E-state index in [1.165, 1.54) is 0 Å². The Morgan fingerprint density at radius 2 is 1.90 bits per heavy atom. The molecule has 4 nitrogen and oxygen atoms in total. The summed E-state index contributed by atoms with van der Waals surface area (Å²) in [7, 11) is 0. The molecule has 1 aromatic heterocycles. The number of aromatic nitrogens is 2. The van der Waals surface area contributed by atoms with Crippen molar-refractivity contribution in [1.82, 2.24) is 9.97 Å². The Morgan fingerprint density at radius 1 is 1.25 bits per heavy atom. The van der Waals surface area contributed by atoms with Crippen molar-refractivity contribution in [1.29, 1.82) is 0 Å². The van der Waals surface area contributed by atoms with Gasteiger partial charge in [-0.25, -0.2) is 9.97 Å². The summed E-state index contributed by atoms with van der Waals surface area (Å²) in [6.45, 7) is 9.13. The molecule has 0 bridgehead atoms. The number of aryl methyl sites for hydroxylation is 1. The van der Waals surface area contributed by atoms with Crippen LogP contribution in [0.4, 0.5) is 5.82 Å². The third-order valence-electron chi connectivity index (χ3n) is 4.51. The molecule has 0 spiro atoms. The summed E-state index contributed by atoms with van der Waals surface area (Å²) in [6.07, 6.45) is 5.19. The molecule has 1 heterocycles. The summed E-state index contributed by atoms with van der Waals surface area (Å²) in [5, 5.41) is 0. The predicted octanol–water partition coefficient (Wildman–Crippen LogP) is 3.37. The topological polar surface area (TPSA) is 61.0 Å². The molecular formula is C16H27N3O. The second-order valence-corrected chi connectivity index (χ2v) is 5.96. The van der Waals surface area contributed by atoms with Gasteiger partial charge < -0.3 is 10.5 Å². The minimum Gasteiger partial charge on any atom is -0.383 e. The number of ether oxygens (including phenoxy) is 1. The first kappa shape index (κ1) is 15.2. The van der Waals surface area contributed by atoms with E-state index in [2.05, 4.69) is 18.8 Å². The lowest BCUT2D eigenvalue weighted by Crippen LogP contribution is -2.36. The van der Waals surface area contributed by atoms with Crippen molar-refractivity contribution in [2.45, 2.75) is 65.4 Å².